The van der Waals surface area contributed by atoms with Crippen molar-refractivity contribution in [3.8, 4) is 0 Å². The zero-order chi connectivity index (χ0) is 27.3. The molecule has 0 aromatic heterocycles. The highest BCUT2D eigenvalue weighted by molar-refractivity contribution is 5.85. The first-order valence-electron chi connectivity index (χ1n) is 15.0. The van der Waals surface area contributed by atoms with Crippen LogP contribution in [-0.2, 0) is 19.1 Å². The number of ether oxygens (including phenoxy) is 1. The van der Waals surface area contributed by atoms with Gasteiger partial charge in [-0.15, -0.1) is 0 Å². The van der Waals surface area contributed by atoms with Gasteiger partial charge in [-0.3, -0.25) is 14.4 Å². The second kappa shape index (κ2) is 8.31. The topological polar surface area (TPSA) is 80.7 Å². The molecule has 5 saturated carbocycles. The van der Waals surface area contributed by atoms with E-state index in [4.69, 9.17) is 4.74 Å². The van der Waals surface area contributed by atoms with Crippen molar-refractivity contribution in [2.45, 2.75) is 119 Å². The number of rotatable bonds is 2. The maximum atomic E-state index is 14.5. The summed E-state index contributed by atoms with van der Waals surface area (Å²) in [7, 11) is 0. The van der Waals surface area contributed by atoms with E-state index in [9.17, 15) is 19.5 Å². The Labute approximate surface area is 223 Å². The van der Waals surface area contributed by atoms with Crippen LogP contribution in [-0.4, -0.2) is 28.9 Å². The second-order valence-electron chi connectivity index (χ2n) is 15.4. The predicted octanol–water partition coefficient (Wildman–Crippen LogP) is 6.92. The SMILES string of the molecule is CC(=O)O[C@@H]1CC[C@@]2(C)C(CC[C@]3(C)C2C(=O)CC2C4[C@@H](C)[C@H](C)CC[C@]4(C)CC[C@]23C)[C@@]1(C)C(=O)O. The van der Waals surface area contributed by atoms with Crippen LogP contribution >= 0.6 is 0 Å². The molecule has 0 spiro atoms. The smallest absolute Gasteiger partial charge is 0.313 e. The molecule has 5 rings (SSSR count). The van der Waals surface area contributed by atoms with E-state index in [1.54, 1.807) is 6.92 Å². The van der Waals surface area contributed by atoms with Gasteiger partial charge in [-0.25, -0.2) is 0 Å². The number of hydrogen-bond donors (Lipinski definition) is 1. The number of hydrogen-bond acceptors (Lipinski definition) is 4. The number of carboxylic acid groups (broad SMARTS) is 1. The molecule has 208 valence electrons. The fraction of sp³-hybridized carbons (Fsp3) is 0.906. The lowest BCUT2D eigenvalue weighted by Crippen LogP contribution is -2.70. The molecule has 0 aromatic carbocycles. The summed E-state index contributed by atoms with van der Waals surface area (Å²) in [6, 6.07) is 0. The number of aliphatic carboxylic acids is 1. The number of carboxylic acids is 1. The molecule has 5 aliphatic carbocycles. The van der Waals surface area contributed by atoms with Gasteiger partial charge in [0.15, 0.2) is 0 Å². The largest absolute Gasteiger partial charge is 0.481 e. The van der Waals surface area contributed by atoms with Crippen LogP contribution in [0.4, 0.5) is 0 Å². The summed E-state index contributed by atoms with van der Waals surface area (Å²) in [5, 5.41) is 10.5. The van der Waals surface area contributed by atoms with Gasteiger partial charge in [0.25, 0.3) is 0 Å². The third-order valence-corrected chi connectivity index (χ3v) is 14.1. The normalized spacial score (nSPS) is 55.2. The molecular weight excluding hydrogens is 464 g/mol. The molecule has 0 amide bonds. The van der Waals surface area contributed by atoms with Gasteiger partial charge < -0.3 is 9.84 Å². The fourth-order valence-corrected chi connectivity index (χ4v) is 11.8. The third-order valence-electron chi connectivity index (χ3n) is 14.1. The Morgan fingerprint density at radius 3 is 2.19 bits per heavy atom. The maximum Gasteiger partial charge on any atom is 0.313 e. The Kier molecular flexibility index (Phi) is 6.10. The molecule has 37 heavy (non-hydrogen) atoms. The van der Waals surface area contributed by atoms with Gasteiger partial charge in [0.1, 0.15) is 17.3 Å². The van der Waals surface area contributed by atoms with Gasteiger partial charge in [0.2, 0.25) is 0 Å². The van der Waals surface area contributed by atoms with Crippen molar-refractivity contribution in [3.05, 3.63) is 0 Å². The molecule has 4 unspecified atom stereocenters. The van der Waals surface area contributed by atoms with E-state index in [2.05, 4.69) is 41.5 Å². The fourth-order valence-electron chi connectivity index (χ4n) is 11.8. The Morgan fingerprint density at radius 1 is 0.892 bits per heavy atom. The van der Waals surface area contributed by atoms with Gasteiger partial charge in [0, 0.05) is 19.3 Å². The van der Waals surface area contributed by atoms with Gasteiger partial charge in [-0.05, 0) is 110 Å². The summed E-state index contributed by atoms with van der Waals surface area (Å²) < 4.78 is 5.64. The Balaban J connectivity index is 1.57. The molecule has 12 atom stereocenters. The first-order chi connectivity index (χ1) is 17.1. The van der Waals surface area contributed by atoms with E-state index < -0.39 is 28.9 Å². The summed E-state index contributed by atoms with van der Waals surface area (Å²) in [4.78, 5) is 39.2. The molecule has 0 aromatic rings. The lowest BCUT2D eigenvalue weighted by Gasteiger charge is -2.73. The van der Waals surface area contributed by atoms with E-state index in [1.807, 2.05) is 0 Å². The molecule has 0 bridgehead atoms. The van der Waals surface area contributed by atoms with Crippen LogP contribution < -0.4 is 0 Å². The third kappa shape index (κ3) is 3.36. The van der Waals surface area contributed by atoms with Crippen molar-refractivity contribution in [1.82, 2.24) is 0 Å². The summed E-state index contributed by atoms with van der Waals surface area (Å²) >= 11 is 0. The summed E-state index contributed by atoms with van der Waals surface area (Å²) in [5.41, 5.74) is -1.34. The number of carbonyl (C=O) groups excluding carboxylic acids is 2. The standard InChI is InChI=1S/C32H50O5/c1-18-9-12-28(4)15-16-30(6)21(25(28)19(18)2)17-22(34)26-29(5)13-11-24(37-20(3)33)32(8,27(35)36)23(29)10-14-31(26,30)7/h18-19,21,23-26H,9-17H2,1-8H3,(H,35,36)/t18-,19+,21?,23?,24-,25?,26?,28-,29+,30-,31-,32-/m1/s1. The Morgan fingerprint density at radius 2 is 1.57 bits per heavy atom. The lowest BCUT2D eigenvalue weighted by molar-refractivity contribution is -0.250. The predicted molar refractivity (Wildman–Crippen MR) is 143 cm³/mol. The highest BCUT2D eigenvalue weighted by Gasteiger charge is 2.73. The van der Waals surface area contributed by atoms with Crippen LogP contribution in [0.3, 0.4) is 0 Å². The van der Waals surface area contributed by atoms with Crippen LogP contribution in [0.1, 0.15) is 113 Å². The van der Waals surface area contributed by atoms with Crippen molar-refractivity contribution < 1.29 is 24.2 Å². The molecule has 1 N–H and O–H groups in total. The van der Waals surface area contributed by atoms with Crippen LogP contribution in [0.5, 0.6) is 0 Å². The van der Waals surface area contributed by atoms with Crippen molar-refractivity contribution in [2.75, 3.05) is 0 Å². The minimum absolute atomic E-state index is 0.0708. The molecular formula is C32H50O5. The summed E-state index contributed by atoms with van der Waals surface area (Å²) in [5.74, 6) is 1.02. The van der Waals surface area contributed by atoms with Gasteiger partial charge in [-0.2, -0.15) is 0 Å². The average molecular weight is 515 g/mol. The quantitative estimate of drug-likeness (QED) is 0.405. The van der Waals surface area contributed by atoms with Gasteiger partial charge >= 0.3 is 11.9 Å². The molecule has 0 saturated heterocycles. The molecule has 0 radical (unpaired) electrons. The van der Waals surface area contributed by atoms with Crippen molar-refractivity contribution in [3.63, 3.8) is 0 Å². The summed E-state index contributed by atoms with van der Waals surface area (Å²) in [6.07, 6.45) is 7.86. The highest BCUT2D eigenvalue weighted by atomic mass is 16.5. The Hall–Kier alpha value is -1.39. The van der Waals surface area contributed by atoms with Crippen LogP contribution in [0.15, 0.2) is 0 Å². The number of ketones is 1. The molecule has 0 aliphatic heterocycles. The van der Waals surface area contributed by atoms with E-state index in [0.29, 0.717) is 47.7 Å². The average Bonchev–Trinajstić information content (AvgIpc) is 2.79. The number of fused-ring (bicyclic) bond motifs is 7. The zero-order valence-electron chi connectivity index (χ0n) is 24.5. The first kappa shape index (κ1) is 27.2. The second-order valence-corrected chi connectivity index (χ2v) is 15.4. The van der Waals surface area contributed by atoms with Gasteiger partial charge in [0.05, 0.1) is 0 Å². The lowest BCUT2D eigenvalue weighted by atomic mass is 9.31. The van der Waals surface area contributed by atoms with Crippen LogP contribution in [0.2, 0.25) is 0 Å². The molecule has 5 fully saturated rings. The molecule has 5 heteroatoms. The minimum Gasteiger partial charge on any atom is -0.481 e. The van der Waals surface area contributed by atoms with Crippen LogP contribution in [0.25, 0.3) is 0 Å². The monoisotopic (exact) mass is 514 g/mol. The molecule has 5 nitrogen and oxygen atoms in total. The summed E-state index contributed by atoms with van der Waals surface area (Å²) in [6.45, 7) is 17.6. The van der Waals surface area contributed by atoms with E-state index >= 15 is 0 Å². The van der Waals surface area contributed by atoms with Crippen molar-refractivity contribution >= 4 is 17.7 Å². The van der Waals surface area contributed by atoms with E-state index in [0.717, 1.165) is 19.3 Å². The highest BCUT2D eigenvalue weighted by Crippen LogP contribution is 2.76. The molecule has 5 aliphatic rings. The number of Topliss-reactive ketones (excluding diaryl/α,β-unsaturated/α-hetero) is 1. The zero-order valence-corrected chi connectivity index (χ0v) is 24.5. The van der Waals surface area contributed by atoms with E-state index in [-0.39, 0.29) is 22.7 Å². The first-order valence-corrected chi connectivity index (χ1v) is 15.0. The number of esters is 1. The maximum absolute atomic E-state index is 14.5. The molecule has 0 heterocycles. The van der Waals surface area contributed by atoms with Crippen LogP contribution in [0, 0.1) is 62.6 Å². The van der Waals surface area contributed by atoms with Crippen molar-refractivity contribution in [1.29, 1.82) is 0 Å². The van der Waals surface area contributed by atoms with Crippen molar-refractivity contribution in [2.24, 2.45) is 62.6 Å². The Bertz CT molecular complexity index is 1010. The number of carbonyl (C=O) groups is 3. The van der Waals surface area contributed by atoms with Gasteiger partial charge in [-0.1, -0.05) is 41.5 Å². The minimum atomic E-state index is -1.18. The van der Waals surface area contributed by atoms with E-state index in [1.165, 1.54) is 32.6 Å².